The standard InChI is InChI=1S/C15H18N2O5/c1-17-9-12(22-15(17)20)6-7-13(18)16-11-5-3-4-10(8-11)14(19)21-2/h3-5,8,12H,6-7,9H2,1-2H3,(H,16,18). The molecule has 22 heavy (non-hydrogen) atoms. The van der Waals surface area contributed by atoms with Crippen LogP contribution < -0.4 is 5.32 Å². The minimum Gasteiger partial charge on any atom is -0.465 e. The third-order valence-corrected chi connectivity index (χ3v) is 3.32. The molecule has 1 aromatic carbocycles. The lowest BCUT2D eigenvalue weighted by Crippen LogP contribution is -2.20. The number of anilines is 1. The van der Waals surface area contributed by atoms with Crippen LogP contribution in [0.3, 0.4) is 0 Å². The van der Waals surface area contributed by atoms with Gasteiger partial charge in [-0.1, -0.05) is 6.07 Å². The van der Waals surface area contributed by atoms with Gasteiger partial charge in [-0.3, -0.25) is 4.79 Å². The first kappa shape index (κ1) is 15.8. The number of cyclic esters (lactones) is 1. The Labute approximate surface area is 128 Å². The first-order valence-corrected chi connectivity index (χ1v) is 6.89. The van der Waals surface area contributed by atoms with Crippen LogP contribution in [0.4, 0.5) is 10.5 Å². The molecule has 0 spiro atoms. The smallest absolute Gasteiger partial charge is 0.409 e. The number of benzene rings is 1. The molecular formula is C15H18N2O5. The number of hydrogen-bond donors (Lipinski definition) is 1. The number of carbonyl (C=O) groups is 3. The van der Waals surface area contributed by atoms with Crippen LogP contribution in [0.25, 0.3) is 0 Å². The summed E-state index contributed by atoms with van der Waals surface area (Å²) in [4.78, 5) is 36.0. The second kappa shape index (κ2) is 6.93. The number of methoxy groups -OCH3 is 1. The van der Waals surface area contributed by atoms with Crippen LogP contribution in [0.2, 0.25) is 0 Å². The zero-order valence-corrected chi connectivity index (χ0v) is 12.5. The van der Waals surface area contributed by atoms with Crippen LogP contribution in [0, 0.1) is 0 Å². The molecule has 1 saturated heterocycles. The molecule has 1 atom stereocenters. The molecule has 2 amide bonds. The predicted molar refractivity (Wildman–Crippen MR) is 78.5 cm³/mol. The number of amides is 2. The van der Waals surface area contributed by atoms with Gasteiger partial charge in [0.1, 0.15) is 6.10 Å². The molecule has 1 N–H and O–H groups in total. The third kappa shape index (κ3) is 3.97. The molecule has 118 valence electrons. The summed E-state index contributed by atoms with van der Waals surface area (Å²) in [5.74, 6) is -0.662. The SMILES string of the molecule is COC(=O)c1cccc(NC(=O)CCC2CN(C)C(=O)O2)c1. The molecule has 7 nitrogen and oxygen atoms in total. The highest BCUT2D eigenvalue weighted by Gasteiger charge is 2.28. The van der Waals surface area contributed by atoms with Crippen molar-refractivity contribution in [2.75, 3.05) is 26.0 Å². The van der Waals surface area contributed by atoms with Crippen LogP contribution in [0.1, 0.15) is 23.2 Å². The van der Waals surface area contributed by atoms with Gasteiger partial charge in [-0.2, -0.15) is 0 Å². The second-order valence-electron chi connectivity index (χ2n) is 5.05. The Balaban J connectivity index is 1.84. The summed E-state index contributed by atoms with van der Waals surface area (Å²) >= 11 is 0. The molecule has 0 aliphatic carbocycles. The van der Waals surface area contributed by atoms with Crippen LogP contribution in [0.5, 0.6) is 0 Å². The van der Waals surface area contributed by atoms with Gasteiger partial charge in [-0.15, -0.1) is 0 Å². The lowest BCUT2D eigenvalue weighted by molar-refractivity contribution is -0.116. The van der Waals surface area contributed by atoms with E-state index in [9.17, 15) is 14.4 Å². The Hall–Kier alpha value is -2.57. The van der Waals surface area contributed by atoms with Gasteiger partial charge in [0.15, 0.2) is 0 Å². The molecule has 1 unspecified atom stereocenters. The average molecular weight is 306 g/mol. The molecule has 1 fully saturated rings. The molecule has 1 aliphatic rings. The lowest BCUT2D eigenvalue weighted by atomic mass is 10.1. The summed E-state index contributed by atoms with van der Waals surface area (Å²) in [5, 5.41) is 2.71. The topological polar surface area (TPSA) is 84.9 Å². The molecule has 0 aromatic heterocycles. The summed E-state index contributed by atoms with van der Waals surface area (Å²) in [6.07, 6.45) is 0.0631. The maximum absolute atomic E-state index is 11.9. The number of carbonyl (C=O) groups excluding carboxylic acids is 3. The van der Waals surface area contributed by atoms with Gasteiger partial charge in [0.25, 0.3) is 0 Å². The van der Waals surface area contributed by atoms with E-state index in [4.69, 9.17) is 4.74 Å². The zero-order valence-electron chi connectivity index (χ0n) is 12.5. The Morgan fingerprint density at radius 3 is 2.86 bits per heavy atom. The van der Waals surface area contributed by atoms with E-state index >= 15 is 0 Å². The monoisotopic (exact) mass is 306 g/mol. The van der Waals surface area contributed by atoms with Gasteiger partial charge < -0.3 is 19.7 Å². The maximum atomic E-state index is 11.9. The van der Waals surface area contributed by atoms with Gasteiger partial charge in [-0.05, 0) is 24.6 Å². The number of ether oxygens (including phenoxy) is 2. The van der Waals surface area contributed by atoms with E-state index in [0.717, 1.165) is 0 Å². The number of esters is 1. The van der Waals surface area contributed by atoms with Crippen molar-refractivity contribution >= 4 is 23.7 Å². The molecule has 2 rings (SSSR count). The van der Waals surface area contributed by atoms with E-state index in [0.29, 0.717) is 24.2 Å². The minimum absolute atomic E-state index is 0.201. The highest BCUT2D eigenvalue weighted by Crippen LogP contribution is 2.15. The van der Waals surface area contributed by atoms with Gasteiger partial charge in [0.2, 0.25) is 5.91 Å². The van der Waals surface area contributed by atoms with Crippen molar-refractivity contribution in [3.05, 3.63) is 29.8 Å². The second-order valence-corrected chi connectivity index (χ2v) is 5.05. The Kier molecular flexibility index (Phi) is 4.98. The number of likely N-dealkylation sites (N-methyl/N-ethyl adjacent to an activating group) is 1. The van der Waals surface area contributed by atoms with Gasteiger partial charge >= 0.3 is 12.1 Å². The van der Waals surface area contributed by atoms with Gasteiger partial charge in [-0.25, -0.2) is 9.59 Å². The fourth-order valence-electron chi connectivity index (χ4n) is 2.16. The van der Waals surface area contributed by atoms with Crippen molar-refractivity contribution in [2.24, 2.45) is 0 Å². The average Bonchev–Trinajstić information content (AvgIpc) is 2.83. The molecule has 1 aromatic rings. The normalized spacial score (nSPS) is 17.1. The fourth-order valence-corrected chi connectivity index (χ4v) is 2.16. The summed E-state index contributed by atoms with van der Waals surface area (Å²) in [5.41, 5.74) is 0.889. The van der Waals surface area contributed by atoms with Crippen molar-refractivity contribution in [3.63, 3.8) is 0 Å². The molecule has 1 aliphatic heterocycles. The van der Waals surface area contributed by atoms with E-state index in [1.807, 2.05) is 0 Å². The van der Waals surface area contributed by atoms with Crippen LogP contribution in [-0.4, -0.2) is 49.7 Å². The zero-order chi connectivity index (χ0) is 16.1. The van der Waals surface area contributed by atoms with Crippen molar-refractivity contribution in [3.8, 4) is 0 Å². The molecular weight excluding hydrogens is 288 g/mol. The molecule has 1 heterocycles. The highest BCUT2D eigenvalue weighted by molar-refractivity contribution is 5.94. The molecule has 0 radical (unpaired) electrons. The summed E-state index contributed by atoms with van der Waals surface area (Å²) in [6, 6.07) is 6.51. The van der Waals surface area contributed by atoms with Crippen molar-refractivity contribution in [1.82, 2.24) is 4.90 Å². The van der Waals surface area contributed by atoms with Crippen molar-refractivity contribution in [2.45, 2.75) is 18.9 Å². The van der Waals surface area contributed by atoms with E-state index < -0.39 is 5.97 Å². The van der Waals surface area contributed by atoms with Crippen LogP contribution >= 0.6 is 0 Å². The van der Waals surface area contributed by atoms with Crippen LogP contribution in [-0.2, 0) is 14.3 Å². The number of nitrogens with one attached hydrogen (secondary N) is 1. The van der Waals surface area contributed by atoms with Gasteiger partial charge in [0, 0.05) is 19.2 Å². The summed E-state index contributed by atoms with van der Waals surface area (Å²) < 4.78 is 9.71. The van der Waals surface area contributed by atoms with Crippen LogP contribution in [0.15, 0.2) is 24.3 Å². The molecule has 0 saturated carbocycles. The van der Waals surface area contributed by atoms with Crippen molar-refractivity contribution < 1.29 is 23.9 Å². The Morgan fingerprint density at radius 1 is 1.45 bits per heavy atom. The van der Waals surface area contributed by atoms with Crippen molar-refractivity contribution in [1.29, 1.82) is 0 Å². The lowest BCUT2D eigenvalue weighted by Gasteiger charge is -2.09. The Bertz CT molecular complexity index is 587. The summed E-state index contributed by atoms with van der Waals surface area (Å²) in [7, 11) is 2.95. The number of nitrogens with zero attached hydrogens (tertiary/aromatic N) is 1. The number of hydrogen-bond acceptors (Lipinski definition) is 5. The predicted octanol–water partition coefficient (Wildman–Crippen LogP) is 1.64. The quantitative estimate of drug-likeness (QED) is 0.836. The van der Waals surface area contributed by atoms with Gasteiger partial charge in [0.05, 0.1) is 19.2 Å². The first-order valence-electron chi connectivity index (χ1n) is 6.89. The minimum atomic E-state index is -0.461. The fraction of sp³-hybridized carbons (Fsp3) is 0.400. The third-order valence-electron chi connectivity index (χ3n) is 3.32. The molecule has 7 heteroatoms. The van der Waals surface area contributed by atoms with E-state index in [2.05, 4.69) is 10.1 Å². The van der Waals surface area contributed by atoms with E-state index in [-0.39, 0.29) is 24.5 Å². The number of rotatable bonds is 5. The maximum Gasteiger partial charge on any atom is 0.409 e. The Morgan fingerprint density at radius 2 is 2.23 bits per heavy atom. The highest BCUT2D eigenvalue weighted by atomic mass is 16.6. The molecule has 0 bridgehead atoms. The van der Waals surface area contributed by atoms with E-state index in [1.165, 1.54) is 12.0 Å². The summed E-state index contributed by atoms with van der Waals surface area (Å²) in [6.45, 7) is 0.490. The van der Waals surface area contributed by atoms with E-state index in [1.54, 1.807) is 31.3 Å². The largest absolute Gasteiger partial charge is 0.465 e. The first-order chi connectivity index (χ1) is 10.5.